The van der Waals surface area contributed by atoms with Crippen LogP contribution in [-0.4, -0.2) is 17.6 Å². The molecule has 0 fully saturated rings. The second kappa shape index (κ2) is 5.64. The Morgan fingerprint density at radius 1 is 1.04 bits per heavy atom. The summed E-state index contributed by atoms with van der Waals surface area (Å²) < 4.78 is 43.1. The maximum atomic E-state index is 12.9. The SMILES string of the molecule is Cn1c(=O)n(C)c2cc(S(=O)(=O)Nc3ccc(F)cc3)c(Cl)cc21. The van der Waals surface area contributed by atoms with E-state index in [9.17, 15) is 17.6 Å². The molecule has 0 spiro atoms. The highest BCUT2D eigenvalue weighted by molar-refractivity contribution is 7.92. The maximum Gasteiger partial charge on any atom is 0.328 e. The van der Waals surface area contributed by atoms with Gasteiger partial charge in [-0.2, -0.15) is 0 Å². The molecule has 0 amide bonds. The van der Waals surface area contributed by atoms with Crippen molar-refractivity contribution in [1.29, 1.82) is 0 Å². The Hall–Kier alpha value is -2.32. The number of nitrogens with zero attached hydrogens (tertiary/aromatic N) is 2. The van der Waals surface area contributed by atoms with Gasteiger partial charge in [0.2, 0.25) is 0 Å². The molecule has 0 aliphatic carbocycles. The molecule has 0 bridgehead atoms. The minimum Gasteiger partial charge on any atom is -0.295 e. The van der Waals surface area contributed by atoms with E-state index in [1.165, 1.54) is 33.4 Å². The van der Waals surface area contributed by atoms with Crippen LogP contribution in [0.3, 0.4) is 0 Å². The third-order valence-corrected chi connectivity index (χ3v) is 5.56. The zero-order valence-electron chi connectivity index (χ0n) is 12.7. The highest BCUT2D eigenvalue weighted by atomic mass is 35.5. The number of halogens is 2. The zero-order valence-corrected chi connectivity index (χ0v) is 14.3. The fraction of sp³-hybridized carbons (Fsp3) is 0.133. The van der Waals surface area contributed by atoms with Gasteiger partial charge in [0.15, 0.2) is 0 Å². The van der Waals surface area contributed by atoms with Crippen LogP contribution >= 0.6 is 11.6 Å². The molecule has 0 atom stereocenters. The third kappa shape index (κ3) is 2.67. The molecule has 2 aromatic carbocycles. The molecule has 3 aromatic rings. The monoisotopic (exact) mass is 369 g/mol. The topological polar surface area (TPSA) is 73.1 Å². The molecule has 1 aromatic heterocycles. The average Bonchev–Trinajstić information content (AvgIpc) is 2.73. The summed E-state index contributed by atoms with van der Waals surface area (Å²) in [6.07, 6.45) is 0. The number of rotatable bonds is 3. The van der Waals surface area contributed by atoms with Crippen LogP contribution in [0, 0.1) is 5.82 Å². The first-order chi connectivity index (χ1) is 11.2. The van der Waals surface area contributed by atoms with Crippen LogP contribution in [0.4, 0.5) is 10.1 Å². The fourth-order valence-corrected chi connectivity index (χ4v) is 4.04. The lowest BCUT2D eigenvalue weighted by Crippen LogP contribution is -2.19. The summed E-state index contributed by atoms with van der Waals surface area (Å²) in [6, 6.07) is 7.66. The van der Waals surface area contributed by atoms with Crippen LogP contribution in [0.2, 0.25) is 5.02 Å². The van der Waals surface area contributed by atoms with Gasteiger partial charge in [-0.3, -0.25) is 13.9 Å². The van der Waals surface area contributed by atoms with E-state index in [0.29, 0.717) is 11.0 Å². The Bertz CT molecular complexity index is 1100. The third-order valence-electron chi connectivity index (χ3n) is 3.71. The van der Waals surface area contributed by atoms with Crippen LogP contribution in [0.15, 0.2) is 46.1 Å². The van der Waals surface area contributed by atoms with Gasteiger partial charge >= 0.3 is 5.69 Å². The van der Waals surface area contributed by atoms with Crippen molar-refractivity contribution in [3.05, 3.63) is 57.7 Å². The minimum absolute atomic E-state index is 0.0155. The number of hydrogen-bond acceptors (Lipinski definition) is 3. The van der Waals surface area contributed by atoms with Gasteiger partial charge in [0, 0.05) is 19.8 Å². The van der Waals surface area contributed by atoms with Crippen LogP contribution in [-0.2, 0) is 24.1 Å². The van der Waals surface area contributed by atoms with Crippen molar-refractivity contribution in [2.75, 3.05) is 4.72 Å². The number of sulfonamides is 1. The summed E-state index contributed by atoms with van der Waals surface area (Å²) in [5.74, 6) is -0.475. The van der Waals surface area contributed by atoms with Crippen LogP contribution in [0.25, 0.3) is 11.0 Å². The van der Waals surface area contributed by atoms with Gasteiger partial charge in [-0.25, -0.2) is 17.6 Å². The minimum atomic E-state index is -4.00. The number of aromatic nitrogens is 2. The van der Waals surface area contributed by atoms with Gasteiger partial charge in [-0.1, -0.05) is 11.6 Å². The summed E-state index contributed by atoms with van der Waals surface area (Å²) in [7, 11) is -0.878. The number of benzene rings is 2. The Kier molecular flexibility index (Phi) is 3.89. The van der Waals surface area contributed by atoms with E-state index in [1.807, 2.05) is 0 Å². The Labute approximate surface area is 142 Å². The lowest BCUT2D eigenvalue weighted by Gasteiger charge is -2.10. The molecule has 0 unspecified atom stereocenters. The van der Waals surface area contributed by atoms with Crippen LogP contribution < -0.4 is 10.4 Å². The summed E-state index contributed by atoms with van der Waals surface area (Å²) in [5.41, 5.74) is 0.872. The Morgan fingerprint density at radius 2 is 1.58 bits per heavy atom. The molecule has 0 aliphatic heterocycles. The highest BCUT2D eigenvalue weighted by Crippen LogP contribution is 2.28. The summed E-state index contributed by atoms with van der Waals surface area (Å²) >= 11 is 6.11. The molecule has 6 nitrogen and oxygen atoms in total. The van der Waals surface area contributed by atoms with E-state index in [4.69, 9.17) is 11.6 Å². The van der Waals surface area contributed by atoms with Crippen LogP contribution in [0.1, 0.15) is 0 Å². The Morgan fingerprint density at radius 3 is 2.17 bits per heavy atom. The lowest BCUT2D eigenvalue weighted by atomic mass is 10.3. The molecule has 1 N–H and O–H groups in total. The molecule has 126 valence electrons. The van der Waals surface area contributed by atoms with E-state index in [2.05, 4.69) is 4.72 Å². The highest BCUT2D eigenvalue weighted by Gasteiger charge is 2.21. The number of imidazole rings is 1. The molecule has 0 saturated heterocycles. The second-order valence-corrected chi connectivity index (χ2v) is 7.34. The van der Waals surface area contributed by atoms with Crippen molar-refractivity contribution in [2.45, 2.75) is 4.90 Å². The molecule has 0 radical (unpaired) electrons. The van der Waals surface area contributed by atoms with E-state index in [-0.39, 0.29) is 21.3 Å². The summed E-state index contributed by atoms with van der Waals surface area (Å²) in [6.45, 7) is 0. The van der Waals surface area contributed by atoms with Crippen molar-refractivity contribution < 1.29 is 12.8 Å². The predicted molar refractivity (Wildman–Crippen MR) is 90.4 cm³/mol. The number of nitrogens with one attached hydrogen (secondary N) is 1. The first-order valence-electron chi connectivity index (χ1n) is 6.84. The maximum absolute atomic E-state index is 12.9. The second-order valence-electron chi connectivity index (χ2n) is 5.28. The van der Waals surface area contributed by atoms with E-state index < -0.39 is 15.8 Å². The van der Waals surface area contributed by atoms with Gasteiger partial charge in [-0.05, 0) is 36.4 Å². The molecule has 0 saturated carbocycles. The molecule has 9 heteroatoms. The number of anilines is 1. The first-order valence-corrected chi connectivity index (χ1v) is 8.70. The van der Waals surface area contributed by atoms with Crippen molar-refractivity contribution in [1.82, 2.24) is 9.13 Å². The molecule has 0 aliphatic rings. The van der Waals surface area contributed by atoms with Crippen molar-refractivity contribution in [2.24, 2.45) is 14.1 Å². The number of aryl methyl sites for hydroxylation is 2. The molecular formula is C15H13ClFN3O3S. The Balaban J connectivity index is 2.13. The molecular weight excluding hydrogens is 357 g/mol. The first kappa shape index (κ1) is 16.5. The molecule has 3 rings (SSSR count). The van der Waals surface area contributed by atoms with Crippen molar-refractivity contribution >= 4 is 38.3 Å². The number of hydrogen-bond donors (Lipinski definition) is 1. The standard InChI is InChI=1S/C15H13ClFN3O3S/c1-19-12-7-11(16)14(8-13(12)20(2)15(19)21)24(22,23)18-10-5-3-9(17)4-6-10/h3-8,18H,1-2H3. The van der Waals surface area contributed by atoms with E-state index in [1.54, 1.807) is 14.1 Å². The van der Waals surface area contributed by atoms with Gasteiger partial charge in [-0.15, -0.1) is 0 Å². The summed E-state index contributed by atoms with van der Waals surface area (Å²) in [5, 5.41) is -0.0155. The van der Waals surface area contributed by atoms with E-state index in [0.717, 1.165) is 12.1 Å². The quantitative estimate of drug-likeness (QED) is 0.770. The van der Waals surface area contributed by atoms with Gasteiger partial charge in [0.05, 0.1) is 16.1 Å². The van der Waals surface area contributed by atoms with E-state index >= 15 is 0 Å². The van der Waals surface area contributed by atoms with Gasteiger partial charge in [0.25, 0.3) is 10.0 Å². The summed E-state index contributed by atoms with van der Waals surface area (Å²) in [4.78, 5) is 11.8. The van der Waals surface area contributed by atoms with Gasteiger partial charge in [0.1, 0.15) is 10.7 Å². The number of fused-ring (bicyclic) bond motifs is 1. The predicted octanol–water partition coefficient (Wildman–Crippen LogP) is 2.47. The average molecular weight is 370 g/mol. The molecule has 24 heavy (non-hydrogen) atoms. The van der Waals surface area contributed by atoms with Crippen molar-refractivity contribution in [3.63, 3.8) is 0 Å². The zero-order chi connectivity index (χ0) is 17.6. The van der Waals surface area contributed by atoms with Crippen molar-refractivity contribution in [3.8, 4) is 0 Å². The smallest absolute Gasteiger partial charge is 0.295 e. The van der Waals surface area contributed by atoms with Crippen LogP contribution in [0.5, 0.6) is 0 Å². The largest absolute Gasteiger partial charge is 0.328 e. The molecule has 1 heterocycles. The lowest BCUT2D eigenvalue weighted by molar-refractivity contribution is 0.601. The normalized spacial score (nSPS) is 11.8. The fourth-order valence-electron chi connectivity index (χ4n) is 2.43. The van der Waals surface area contributed by atoms with Gasteiger partial charge < -0.3 is 0 Å².